The molecule has 0 saturated heterocycles. The average Bonchev–Trinajstić information content (AvgIpc) is 3.03. The van der Waals surface area contributed by atoms with Crippen molar-refractivity contribution in [3.8, 4) is 0 Å². The topological polar surface area (TPSA) is 67.1 Å². The van der Waals surface area contributed by atoms with Crippen LogP contribution in [0, 0.1) is 6.92 Å². The molecule has 0 aliphatic heterocycles. The van der Waals surface area contributed by atoms with Gasteiger partial charge >= 0.3 is 0 Å². The van der Waals surface area contributed by atoms with E-state index >= 15 is 0 Å². The molecule has 2 heterocycles. The van der Waals surface area contributed by atoms with Gasteiger partial charge in [-0.05, 0) is 26.0 Å². The van der Waals surface area contributed by atoms with Crippen LogP contribution in [-0.4, -0.2) is 33.8 Å². The average molecular weight is 306 g/mol. The van der Waals surface area contributed by atoms with Gasteiger partial charge in [0, 0.05) is 36.3 Å². The Hall–Kier alpha value is -1.89. The number of nitrogens with zero attached hydrogens (tertiary/aromatic N) is 4. The van der Waals surface area contributed by atoms with Crippen LogP contribution in [0.25, 0.3) is 0 Å². The van der Waals surface area contributed by atoms with E-state index in [9.17, 15) is 0 Å². The Morgan fingerprint density at radius 1 is 1.48 bits per heavy atom. The van der Waals surface area contributed by atoms with Crippen molar-refractivity contribution in [3.05, 3.63) is 34.0 Å². The van der Waals surface area contributed by atoms with Crippen molar-refractivity contribution in [2.24, 2.45) is 12.0 Å². The highest BCUT2D eigenvalue weighted by Crippen LogP contribution is 2.16. The van der Waals surface area contributed by atoms with Gasteiger partial charge in [0.25, 0.3) is 0 Å². The van der Waals surface area contributed by atoms with E-state index in [4.69, 9.17) is 0 Å². The molecule has 0 bridgehead atoms. The van der Waals surface area contributed by atoms with Gasteiger partial charge in [0.2, 0.25) is 0 Å². The van der Waals surface area contributed by atoms with Crippen LogP contribution in [0.15, 0.2) is 23.5 Å². The number of thiophene rings is 1. The van der Waals surface area contributed by atoms with Crippen LogP contribution < -0.4 is 10.6 Å². The zero-order chi connectivity index (χ0) is 15.2. The summed E-state index contributed by atoms with van der Waals surface area (Å²) in [5.41, 5.74) is 0. The number of hydrogen-bond donors (Lipinski definition) is 2. The molecule has 0 spiro atoms. The van der Waals surface area contributed by atoms with Crippen molar-refractivity contribution in [1.82, 2.24) is 25.4 Å². The van der Waals surface area contributed by atoms with Crippen molar-refractivity contribution in [1.29, 1.82) is 0 Å². The predicted molar refractivity (Wildman–Crippen MR) is 86.6 cm³/mol. The number of hydrogen-bond acceptors (Lipinski definition) is 4. The molecule has 2 aromatic rings. The highest BCUT2D eigenvalue weighted by Gasteiger charge is 2.08. The zero-order valence-corrected chi connectivity index (χ0v) is 13.7. The molecule has 0 fully saturated rings. The number of nitrogens with one attached hydrogen (secondary N) is 2. The van der Waals surface area contributed by atoms with Crippen LogP contribution in [0.3, 0.4) is 0 Å². The minimum Gasteiger partial charge on any atom is -0.354 e. The van der Waals surface area contributed by atoms with Crippen molar-refractivity contribution in [2.75, 3.05) is 7.05 Å². The van der Waals surface area contributed by atoms with Gasteiger partial charge in [-0.1, -0.05) is 0 Å². The first-order valence-corrected chi connectivity index (χ1v) is 7.75. The van der Waals surface area contributed by atoms with Crippen LogP contribution >= 0.6 is 11.3 Å². The van der Waals surface area contributed by atoms with Crippen LogP contribution in [0.2, 0.25) is 0 Å². The first-order chi connectivity index (χ1) is 10.1. The second-order valence-corrected chi connectivity index (χ2v) is 6.42. The third kappa shape index (κ3) is 4.56. The maximum atomic E-state index is 4.24. The third-order valence-corrected chi connectivity index (χ3v) is 4.15. The molecule has 114 valence electrons. The van der Waals surface area contributed by atoms with E-state index in [2.05, 4.69) is 51.8 Å². The Balaban J connectivity index is 1.83. The molecule has 2 N–H and O–H groups in total. The molecule has 2 aromatic heterocycles. The van der Waals surface area contributed by atoms with E-state index in [1.807, 2.05) is 23.0 Å². The largest absolute Gasteiger partial charge is 0.354 e. The lowest BCUT2D eigenvalue weighted by atomic mass is 10.2. The number of aryl methyl sites for hydroxylation is 2. The standard InChI is InChI=1S/C14H22N6S/c1-10(7-12-6-5-11(2)21-12)18-14(15-3)16-8-13-19-17-9-20(13)4/h5-6,9-10H,7-8H2,1-4H3,(H2,15,16,18). The molecule has 0 aliphatic carbocycles. The summed E-state index contributed by atoms with van der Waals surface area (Å²) in [5, 5.41) is 14.5. The Morgan fingerprint density at radius 3 is 2.86 bits per heavy atom. The lowest BCUT2D eigenvalue weighted by molar-refractivity contribution is 0.637. The normalized spacial score (nSPS) is 13.2. The SMILES string of the molecule is CN=C(NCc1nncn1C)NC(C)Cc1ccc(C)s1. The fraction of sp³-hybridized carbons (Fsp3) is 0.500. The lowest BCUT2D eigenvalue weighted by Gasteiger charge is -2.17. The van der Waals surface area contributed by atoms with E-state index < -0.39 is 0 Å². The van der Waals surface area contributed by atoms with Crippen molar-refractivity contribution in [2.45, 2.75) is 32.9 Å². The highest BCUT2D eigenvalue weighted by molar-refractivity contribution is 7.11. The first-order valence-electron chi connectivity index (χ1n) is 6.94. The molecule has 0 radical (unpaired) electrons. The quantitative estimate of drug-likeness (QED) is 0.648. The minimum atomic E-state index is 0.314. The molecular weight excluding hydrogens is 284 g/mol. The molecule has 0 amide bonds. The van der Waals surface area contributed by atoms with Gasteiger partial charge in [-0.15, -0.1) is 21.5 Å². The number of aliphatic imine (C=N–C) groups is 1. The Morgan fingerprint density at radius 2 is 2.29 bits per heavy atom. The molecule has 2 rings (SSSR count). The van der Waals surface area contributed by atoms with Gasteiger partial charge in [0.15, 0.2) is 11.8 Å². The van der Waals surface area contributed by atoms with Gasteiger partial charge in [0.1, 0.15) is 6.33 Å². The summed E-state index contributed by atoms with van der Waals surface area (Å²) in [6.07, 6.45) is 2.68. The summed E-state index contributed by atoms with van der Waals surface area (Å²) >= 11 is 1.84. The van der Waals surface area contributed by atoms with E-state index in [-0.39, 0.29) is 0 Å². The fourth-order valence-corrected chi connectivity index (χ4v) is 3.02. The molecule has 0 aromatic carbocycles. The van der Waals surface area contributed by atoms with Crippen molar-refractivity contribution >= 4 is 17.3 Å². The Labute approximate surface area is 129 Å². The monoisotopic (exact) mass is 306 g/mol. The second-order valence-electron chi connectivity index (χ2n) is 5.05. The van der Waals surface area contributed by atoms with E-state index in [0.717, 1.165) is 18.2 Å². The Bertz CT molecular complexity index is 600. The second kappa shape index (κ2) is 7.21. The summed E-state index contributed by atoms with van der Waals surface area (Å²) in [4.78, 5) is 6.98. The van der Waals surface area contributed by atoms with E-state index in [0.29, 0.717) is 12.6 Å². The maximum Gasteiger partial charge on any atom is 0.191 e. The van der Waals surface area contributed by atoms with Gasteiger partial charge < -0.3 is 15.2 Å². The number of rotatable bonds is 5. The van der Waals surface area contributed by atoms with E-state index in [1.54, 1.807) is 13.4 Å². The molecule has 0 saturated carbocycles. The molecule has 6 nitrogen and oxygen atoms in total. The highest BCUT2D eigenvalue weighted by atomic mass is 32.1. The minimum absolute atomic E-state index is 0.314. The molecular formula is C14H22N6S. The van der Waals surface area contributed by atoms with E-state index in [1.165, 1.54) is 9.75 Å². The zero-order valence-electron chi connectivity index (χ0n) is 12.9. The lowest BCUT2D eigenvalue weighted by Crippen LogP contribution is -2.42. The summed E-state index contributed by atoms with van der Waals surface area (Å²) in [5.74, 6) is 1.65. The van der Waals surface area contributed by atoms with Crippen LogP contribution in [0.1, 0.15) is 22.5 Å². The smallest absolute Gasteiger partial charge is 0.191 e. The summed E-state index contributed by atoms with van der Waals surface area (Å²) in [6, 6.07) is 4.66. The Kier molecular flexibility index (Phi) is 5.32. The predicted octanol–water partition coefficient (Wildman–Crippen LogP) is 1.48. The first kappa shape index (κ1) is 15.5. The van der Waals surface area contributed by atoms with Crippen molar-refractivity contribution < 1.29 is 0 Å². The van der Waals surface area contributed by atoms with Crippen LogP contribution in [0.4, 0.5) is 0 Å². The maximum absolute atomic E-state index is 4.24. The van der Waals surface area contributed by atoms with Gasteiger partial charge in [-0.25, -0.2) is 0 Å². The fourth-order valence-electron chi connectivity index (χ4n) is 2.01. The third-order valence-electron chi connectivity index (χ3n) is 3.13. The molecule has 1 atom stereocenters. The van der Waals surface area contributed by atoms with Gasteiger partial charge in [0.05, 0.1) is 6.54 Å². The molecule has 0 aliphatic rings. The van der Waals surface area contributed by atoms with Crippen LogP contribution in [0.5, 0.6) is 0 Å². The molecule has 21 heavy (non-hydrogen) atoms. The summed E-state index contributed by atoms with van der Waals surface area (Å²) in [7, 11) is 3.70. The van der Waals surface area contributed by atoms with Crippen molar-refractivity contribution in [3.63, 3.8) is 0 Å². The van der Waals surface area contributed by atoms with Gasteiger partial charge in [-0.3, -0.25) is 4.99 Å². The number of aromatic nitrogens is 3. The van der Waals surface area contributed by atoms with Gasteiger partial charge in [-0.2, -0.15) is 0 Å². The number of guanidine groups is 1. The molecule has 1 unspecified atom stereocenters. The van der Waals surface area contributed by atoms with Crippen LogP contribution in [-0.2, 0) is 20.0 Å². The molecule has 7 heteroatoms. The summed E-state index contributed by atoms with van der Waals surface area (Å²) < 4.78 is 1.89. The summed E-state index contributed by atoms with van der Waals surface area (Å²) in [6.45, 7) is 4.89.